The van der Waals surface area contributed by atoms with E-state index in [0.717, 1.165) is 41.6 Å². The molecule has 4 nitrogen and oxygen atoms in total. The molecule has 0 bridgehead atoms. The first-order chi connectivity index (χ1) is 12.7. The molecule has 136 valence electrons. The number of hydrogen-bond acceptors (Lipinski definition) is 3. The van der Waals surface area contributed by atoms with Gasteiger partial charge in [-0.3, -0.25) is 14.6 Å². The first kappa shape index (κ1) is 18.1. The van der Waals surface area contributed by atoms with Gasteiger partial charge in [-0.1, -0.05) is 50.5 Å². The van der Waals surface area contributed by atoms with E-state index in [1.165, 1.54) is 19.1 Å². The summed E-state index contributed by atoms with van der Waals surface area (Å²) in [4.78, 5) is 24.8. The van der Waals surface area contributed by atoms with Crippen molar-refractivity contribution < 1.29 is 14.6 Å². The van der Waals surface area contributed by atoms with Crippen LogP contribution in [0.15, 0.2) is 48.7 Å². The van der Waals surface area contributed by atoms with Crippen molar-refractivity contribution in [1.82, 2.24) is 4.90 Å². The fourth-order valence-corrected chi connectivity index (χ4v) is 3.11. The van der Waals surface area contributed by atoms with Gasteiger partial charge in [0.1, 0.15) is 6.26 Å². The van der Waals surface area contributed by atoms with Crippen LogP contribution in [0.4, 0.5) is 0 Å². The number of hydrogen-bond donors (Lipinski definition) is 0. The summed E-state index contributed by atoms with van der Waals surface area (Å²) in [7, 11) is 1.88. The van der Waals surface area contributed by atoms with E-state index in [9.17, 15) is 4.79 Å². The number of rotatable bonds is 7. The van der Waals surface area contributed by atoms with Crippen LogP contribution in [0.3, 0.4) is 0 Å². The zero-order chi connectivity index (χ0) is 18.4. The standard InChI is InChI=1S/C22H25NO3/c1-3-4-5-8-14-23(2)22(24)20-10-7-6-9-19(20)17-11-12-21-18(16-17)13-15-25-26-21/h6-7,9-13,15-16H,3-5,8,14H2,1-2H3. The van der Waals surface area contributed by atoms with Crippen LogP contribution in [0.25, 0.3) is 17.2 Å². The van der Waals surface area contributed by atoms with Crippen LogP contribution in [0.5, 0.6) is 5.75 Å². The second-order valence-corrected chi connectivity index (χ2v) is 6.57. The molecule has 3 rings (SSSR count). The third-order valence-electron chi connectivity index (χ3n) is 4.61. The molecular weight excluding hydrogens is 326 g/mol. The summed E-state index contributed by atoms with van der Waals surface area (Å²) in [6.45, 7) is 2.97. The first-order valence-corrected chi connectivity index (χ1v) is 9.19. The summed E-state index contributed by atoms with van der Waals surface area (Å²) >= 11 is 0. The van der Waals surface area contributed by atoms with E-state index in [0.29, 0.717) is 5.75 Å². The molecule has 1 aliphatic heterocycles. The molecule has 0 saturated carbocycles. The van der Waals surface area contributed by atoms with Gasteiger partial charge in [-0.25, -0.2) is 0 Å². The van der Waals surface area contributed by atoms with E-state index < -0.39 is 0 Å². The Bertz CT molecular complexity index is 798. The van der Waals surface area contributed by atoms with Gasteiger partial charge in [0.2, 0.25) is 0 Å². The van der Waals surface area contributed by atoms with Crippen molar-refractivity contribution >= 4 is 12.0 Å². The Morgan fingerprint density at radius 1 is 1.08 bits per heavy atom. The van der Waals surface area contributed by atoms with Crippen molar-refractivity contribution in [3.05, 3.63) is 59.9 Å². The number of amides is 1. The minimum absolute atomic E-state index is 0.0601. The molecule has 0 saturated heterocycles. The van der Waals surface area contributed by atoms with Crippen LogP contribution in [-0.4, -0.2) is 24.4 Å². The molecule has 2 aromatic carbocycles. The summed E-state index contributed by atoms with van der Waals surface area (Å²) in [6, 6.07) is 13.6. The Balaban J connectivity index is 1.82. The van der Waals surface area contributed by atoms with Gasteiger partial charge in [0.25, 0.3) is 5.91 Å². The van der Waals surface area contributed by atoms with Crippen molar-refractivity contribution in [1.29, 1.82) is 0 Å². The quantitative estimate of drug-likeness (QED) is 0.502. The molecule has 0 aliphatic carbocycles. The van der Waals surface area contributed by atoms with Crippen LogP contribution in [0, 0.1) is 0 Å². The van der Waals surface area contributed by atoms with Gasteiger partial charge in [-0.15, -0.1) is 0 Å². The molecule has 0 atom stereocenters. The summed E-state index contributed by atoms with van der Waals surface area (Å²) in [5.41, 5.74) is 3.58. The maximum atomic E-state index is 13.0. The highest BCUT2D eigenvalue weighted by molar-refractivity contribution is 6.01. The van der Waals surface area contributed by atoms with Crippen LogP contribution in [-0.2, 0) is 4.89 Å². The van der Waals surface area contributed by atoms with Gasteiger partial charge in [0.15, 0.2) is 5.75 Å². The van der Waals surface area contributed by atoms with Crippen molar-refractivity contribution in [2.45, 2.75) is 32.6 Å². The Morgan fingerprint density at radius 2 is 1.92 bits per heavy atom. The van der Waals surface area contributed by atoms with Crippen LogP contribution in [0.2, 0.25) is 0 Å². The highest BCUT2D eigenvalue weighted by Crippen LogP contribution is 2.32. The van der Waals surface area contributed by atoms with Gasteiger partial charge >= 0.3 is 0 Å². The van der Waals surface area contributed by atoms with E-state index in [1.54, 1.807) is 0 Å². The predicted molar refractivity (Wildman–Crippen MR) is 104 cm³/mol. The van der Waals surface area contributed by atoms with Gasteiger partial charge < -0.3 is 4.90 Å². The van der Waals surface area contributed by atoms with Gasteiger partial charge in [0.05, 0.1) is 0 Å². The SMILES string of the molecule is CCCCCCN(C)C(=O)c1ccccc1-c1ccc2c(c1)C=COO2. The van der Waals surface area contributed by atoms with Crippen molar-refractivity contribution in [3.63, 3.8) is 0 Å². The van der Waals surface area contributed by atoms with E-state index in [1.807, 2.05) is 60.5 Å². The Labute approximate surface area is 155 Å². The lowest BCUT2D eigenvalue weighted by molar-refractivity contribution is -0.151. The molecule has 0 radical (unpaired) electrons. The second-order valence-electron chi connectivity index (χ2n) is 6.57. The average Bonchev–Trinajstić information content (AvgIpc) is 2.70. The third-order valence-corrected chi connectivity index (χ3v) is 4.61. The Kier molecular flexibility index (Phi) is 5.95. The lowest BCUT2D eigenvalue weighted by atomic mass is 9.96. The van der Waals surface area contributed by atoms with Crippen molar-refractivity contribution in [3.8, 4) is 16.9 Å². The van der Waals surface area contributed by atoms with Gasteiger partial charge in [0, 0.05) is 24.7 Å². The molecular formula is C22H25NO3. The summed E-state index contributed by atoms with van der Waals surface area (Å²) in [5, 5.41) is 0. The van der Waals surface area contributed by atoms with Crippen molar-refractivity contribution in [2.24, 2.45) is 0 Å². The first-order valence-electron chi connectivity index (χ1n) is 9.19. The van der Waals surface area contributed by atoms with Crippen LogP contribution in [0.1, 0.15) is 48.5 Å². The minimum Gasteiger partial charge on any atom is -0.342 e. The summed E-state index contributed by atoms with van der Waals surface area (Å²) < 4.78 is 0. The number of fused-ring (bicyclic) bond motifs is 1. The van der Waals surface area contributed by atoms with E-state index in [2.05, 4.69) is 6.92 Å². The largest absolute Gasteiger partial charge is 0.342 e. The fraction of sp³-hybridized carbons (Fsp3) is 0.318. The van der Waals surface area contributed by atoms with Gasteiger partial charge in [-0.05, 0) is 41.8 Å². The maximum Gasteiger partial charge on any atom is 0.254 e. The molecule has 1 amide bonds. The predicted octanol–water partition coefficient (Wildman–Crippen LogP) is 5.30. The molecule has 0 N–H and O–H groups in total. The summed E-state index contributed by atoms with van der Waals surface area (Å²) in [5.74, 6) is 0.734. The smallest absolute Gasteiger partial charge is 0.254 e. The van der Waals surface area contributed by atoms with E-state index >= 15 is 0 Å². The minimum atomic E-state index is 0.0601. The Hall–Kier alpha value is -2.75. The van der Waals surface area contributed by atoms with Crippen molar-refractivity contribution in [2.75, 3.05) is 13.6 Å². The van der Waals surface area contributed by atoms with E-state index in [4.69, 9.17) is 9.78 Å². The average molecular weight is 351 g/mol. The molecule has 1 aliphatic rings. The van der Waals surface area contributed by atoms with Crippen LogP contribution < -0.4 is 4.89 Å². The normalized spacial score (nSPS) is 12.1. The second kappa shape index (κ2) is 8.56. The molecule has 2 aromatic rings. The third kappa shape index (κ3) is 4.07. The fourth-order valence-electron chi connectivity index (χ4n) is 3.11. The molecule has 0 fully saturated rings. The number of carbonyl (C=O) groups is 1. The number of nitrogens with zero attached hydrogens (tertiary/aromatic N) is 1. The number of carbonyl (C=O) groups excluding carboxylic acids is 1. The monoisotopic (exact) mass is 351 g/mol. The maximum absolute atomic E-state index is 13.0. The Morgan fingerprint density at radius 3 is 2.77 bits per heavy atom. The molecule has 4 heteroatoms. The highest BCUT2D eigenvalue weighted by atomic mass is 17.2. The van der Waals surface area contributed by atoms with Crippen LogP contribution >= 0.6 is 0 Å². The highest BCUT2D eigenvalue weighted by Gasteiger charge is 2.17. The zero-order valence-electron chi connectivity index (χ0n) is 15.4. The molecule has 0 unspecified atom stereocenters. The molecule has 0 aromatic heterocycles. The topological polar surface area (TPSA) is 38.8 Å². The number of benzene rings is 2. The molecule has 1 heterocycles. The zero-order valence-corrected chi connectivity index (χ0v) is 15.4. The molecule has 26 heavy (non-hydrogen) atoms. The molecule has 0 spiro atoms. The lowest BCUT2D eigenvalue weighted by Crippen LogP contribution is -2.28. The number of unbranched alkanes of at least 4 members (excludes halogenated alkanes) is 3. The lowest BCUT2D eigenvalue weighted by Gasteiger charge is -2.19. The summed E-state index contributed by atoms with van der Waals surface area (Å²) in [6.07, 6.45) is 7.98. The van der Waals surface area contributed by atoms with E-state index in [-0.39, 0.29) is 5.91 Å². The van der Waals surface area contributed by atoms with Gasteiger partial charge in [-0.2, -0.15) is 0 Å².